The third kappa shape index (κ3) is 1.75. The average Bonchev–Trinajstić information content (AvgIpc) is 2.99. The number of benzene rings is 1. The van der Waals surface area contributed by atoms with Crippen molar-refractivity contribution in [3.05, 3.63) is 70.5 Å². The van der Waals surface area contributed by atoms with Gasteiger partial charge in [0.1, 0.15) is 11.5 Å². The number of nitrogens with one attached hydrogen (secondary N) is 1. The number of rotatable bonds is 1. The molecule has 4 aromatic rings. The summed E-state index contributed by atoms with van der Waals surface area (Å²) in [5.41, 5.74) is 2.46. The van der Waals surface area contributed by atoms with Crippen LogP contribution in [0.2, 0.25) is 0 Å². The van der Waals surface area contributed by atoms with E-state index < -0.39 is 0 Å². The zero-order chi connectivity index (χ0) is 15.3. The number of H-pyrrole nitrogens is 1. The van der Waals surface area contributed by atoms with Crippen molar-refractivity contribution in [2.24, 2.45) is 0 Å². The minimum atomic E-state index is -0.287. The van der Waals surface area contributed by atoms with E-state index in [1.54, 1.807) is 42.1 Å². The molecule has 0 aliphatic carbocycles. The van der Waals surface area contributed by atoms with Gasteiger partial charge in [0.15, 0.2) is 0 Å². The first-order valence-electron chi connectivity index (χ1n) is 6.89. The molecule has 3 heterocycles. The highest BCUT2D eigenvalue weighted by molar-refractivity contribution is 6.02. The molecule has 0 bridgehead atoms. The molecule has 108 valence electrons. The molecular formula is C17H12FN3O. The second-order valence-electron chi connectivity index (χ2n) is 5.24. The van der Waals surface area contributed by atoms with Crippen LogP contribution < -0.4 is 5.56 Å². The third-order valence-electron chi connectivity index (χ3n) is 3.84. The Kier molecular flexibility index (Phi) is 2.63. The predicted molar refractivity (Wildman–Crippen MR) is 83.9 cm³/mol. The molecule has 0 fully saturated rings. The summed E-state index contributed by atoms with van der Waals surface area (Å²) < 4.78 is 15.1. The van der Waals surface area contributed by atoms with Gasteiger partial charge in [0.2, 0.25) is 0 Å². The van der Waals surface area contributed by atoms with Crippen molar-refractivity contribution in [1.82, 2.24) is 14.5 Å². The van der Waals surface area contributed by atoms with Gasteiger partial charge >= 0.3 is 0 Å². The monoisotopic (exact) mass is 293 g/mol. The standard InChI is InChI=1S/C17H12FN3O/c1-10-8-12(3-4-14(10)18)21-15(22)5-2-11-9-20-17-13(16(11)21)6-7-19-17/h2-9H,1H3,(H,19,20). The maximum absolute atomic E-state index is 13.5. The molecule has 3 aromatic heterocycles. The Labute approximate surface area is 124 Å². The van der Waals surface area contributed by atoms with E-state index in [2.05, 4.69) is 9.97 Å². The Morgan fingerprint density at radius 2 is 2.05 bits per heavy atom. The highest BCUT2D eigenvalue weighted by Gasteiger charge is 2.11. The van der Waals surface area contributed by atoms with Crippen molar-refractivity contribution in [2.45, 2.75) is 6.92 Å². The van der Waals surface area contributed by atoms with Gasteiger partial charge in [0.05, 0.1) is 5.52 Å². The summed E-state index contributed by atoms with van der Waals surface area (Å²) >= 11 is 0. The van der Waals surface area contributed by atoms with Gasteiger partial charge in [0, 0.05) is 34.9 Å². The molecule has 4 rings (SSSR count). The first-order chi connectivity index (χ1) is 10.6. The van der Waals surface area contributed by atoms with Gasteiger partial charge in [-0.2, -0.15) is 0 Å². The van der Waals surface area contributed by atoms with E-state index >= 15 is 0 Å². The molecule has 0 spiro atoms. The van der Waals surface area contributed by atoms with Gasteiger partial charge in [-0.3, -0.25) is 9.36 Å². The molecule has 0 aliphatic rings. The molecule has 1 aromatic carbocycles. The first-order valence-corrected chi connectivity index (χ1v) is 6.89. The lowest BCUT2D eigenvalue weighted by molar-refractivity contribution is 0.618. The van der Waals surface area contributed by atoms with E-state index in [-0.39, 0.29) is 11.4 Å². The SMILES string of the molecule is Cc1cc(-n2c(=O)ccc3cnc4[nH]ccc4c32)ccc1F. The van der Waals surface area contributed by atoms with Crippen LogP contribution in [-0.2, 0) is 0 Å². The van der Waals surface area contributed by atoms with Crippen LogP contribution >= 0.6 is 0 Å². The van der Waals surface area contributed by atoms with Crippen LogP contribution in [0.25, 0.3) is 27.6 Å². The Balaban J connectivity index is 2.20. The van der Waals surface area contributed by atoms with Crippen molar-refractivity contribution >= 4 is 21.9 Å². The second-order valence-corrected chi connectivity index (χ2v) is 5.24. The molecule has 0 aliphatic heterocycles. The number of nitrogens with zero attached hydrogens (tertiary/aromatic N) is 2. The topological polar surface area (TPSA) is 50.7 Å². The number of fused-ring (bicyclic) bond motifs is 3. The Morgan fingerprint density at radius 3 is 2.86 bits per heavy atom. The van der Waals surface area contributed by atoms with E-state index in [0.717, 1.165) is 16.3 Å². The summed E-state index contributed by atoms with van der Waals surface area (Å²) in [6.07, 6.45) is 3.51. The van der Waals surface area contributed by atoms with Gasteiger partial charge in [-0.05, 0) is 42.8 Å². The van der Waals surface area contributed by atoms with E-state index in [4.69, 9.17) is 0 Å². The molecule has 5 heteroatoms. The smallest absolute Gasteiger partial charge is 0.255 e. The highest BCUT2D eigenvalue weighted by Crippen LogP contribution is 2.24. The number of pyridine rings is 2. The lowest BCUT2D eigenvalue weighted by atomic mass is 10.1. The van der Waals surface area contributed by atoms with Crippen molar-refractivity contribution in [3.8, 4) is 5.69 Å². The maximum atomic E-state index is 13.5. The third-order valence-corrected chi connectivity index (χ3v) is 3.84. The summed E-state index contributed by atoms with van der Waals surface area (Å²) in [7, 11) is 0. The normalized spacial score (nSPS) is 11.4. The number of aromatic nitrogens is 3. The Bertz CT molecular complexity index is 1080. The summed E-state index contributed by atoms with van der Waals surface area (Å²) in [6, 6.07) is 9.81. The summed E-state index contributed by atoms with van der Waals surface area (Å²) in [4.78, 5) is 19.8. The van der Waals surface area contributed by atoms with Crippen LogP contribution in [-0.4, -0.2) is 14.5 Å². The van der Waals surface area contributed by atoms with E-state index in [1.807, 2.05) is 6.07 Å². The molecule has 0 saturated heterocycles. The number of hydrogen-bond acceptors (Lipinski definition) is 2. The van der Waals surface area contributed by atoms with Crippen LogP contribution in [0.15, 0.2) is 53.6 Å². The van der Waals surface area contributed by atoms with Crippen molar-refractivity contribution in [3.63, 3.8) is 0 Å². The van der Waals surface area contributed by atoms with Gasteiger partial charge in [-0.1, -0.05) is 0 Å². The predicted octanol–water partition coefficient (Wildman–Crippen LogP) is 3.31. The van der Waals surface area contributed by atoms with Crippen LogP contribution in [0.1, 0.15) is 5.56 Å². The van der Waals surface area contributed by atoms with Crippen molar-refractivity contribution in [1.29, 1.82) is 0 Å². The Morgan fingerprint density at radius 1 is 1.18 bits per heavy atom. The van der Waals surface area contributed by atoms with E-state index in [0.29, 0.717) is 16.9 Å². The summed E-state index contributed by atoms with van der Waals surface area (Å²) in [5, 5.41) is 1.71. The minimum absolute atomic E-state index is 0.160. The lowest BCUT2D eigenvalue weighted by Crippen LogP contribution is -2.17. The molecular weight excluding hydrogens is 281 g/mol. The number of hydrogen-bond donors (Lipinski definition) is 1. The number of aryl methyl sites for hydroxylation is 1. The molecule has 0 amide bonds. The maximum Gasteiger partial charge on any atom is 0.255 e. The Hall–Kier alpha value is -2.95. The highest BCUT2D eigenvalue weighted by atomic mass is 19.1. The van der Waals surface area contributed by atoms with Crippen LogP contribution in [0.5, 0.6) is 0 Å². The fraction of sp³-hybridized carbons (Fsp3) is 0.0588. The first kappa shape index (κ1) is 12.8. The van der Waals surface area contributed by atoms with Crippen LogP contribution in [0, 0.1) is 12.7 Å². The summed E-state index contributed by atoms with van der Waals surface area (Å²) in [6.45, 7) is 1.68. The van der Waals surface area contributed by atoms with Gasteiger partial charge in [-0.25, -0.2) is 9.37 Å². The fourth-order valence-electron chi connectivity index (χ4n) is 2.75. The molecule has 0 saturated carbocycles. The van der Waals surface area contributed by atoms with Crippen LogP contribution in [0.3, 0.4) is 0 Å². The van der Waals surface area contributed by atoms with Gasteiger partial charge < -0.3 is 4.98 Å². The quantitative estimate of drug-likeness (QED) is 0.585. The molecule has 22 heavy (non-hydrogen) atoms. The average molecular weight is 293 g/mol. The largest absolute Gasteiger partial charge is 0.346 e. The lowest BCUT2D eigenvalue weighted by Gasteiger charge is -2.12. The number of aromatic amines is 1. The zero-order valence-electron chi connectivity index (χ0n) is 11.8. The second kappa shape index (κ2) is 4.53. The minimum Gasteiger partial charge on any atom is -0.346 e. The van der Waals surface area contributed by atoms with Gasteiger partial charge in [0.25, 0.3) is 5.56 Å². The molecule has 1 N–H and O–H groups in total. The number of halogens is 1. The van der Waals surface area contributed by atoms with Crippen molar-refractivity contribution < 1.29 is 4.39 Å². The van der Waals surface area contributed by atoms with Crippen LogP contribution in [0.4, 0.5) is 4.39 Å². The molecule has 4 nitrogen and oxygen atoms in total. The van der Waals surface area contributed by atoms with E-state index in [1.165, 1.54) is 12.1 Å². The van der Waals surface area contributed by atoms with Crippen molar-refractivity contribution in [2.75, 3.05) is 0 Å². The molecule has 0 atom stereocenters. The summed E-state index contributed by atoms with van der Waals surface area (Å²) in [5.74, 6) is -0.287. The molecule has 0 radical (unpaired) electrons. The fourth-order valence-corrected chi connectivity index (χ4v) is 2.75. The van der Waals surface area contributed by atoms with E-state index in [9.17, 15) is 9.18 Å². The van der Waals surface area contributed by atoms with Gasteiger partial charge in [-0.15, -0.1) is 0 Å². The zero-order valence-corrected chi connectivity index (χ0v) is 11.8. The molecule has 0 unspecified atom stereocenters.